The molecule has 0 spiro atoms. The van der Waals surface area contributed by atoms with Gasteiger partial charge in [0.1, 0.15) is 15.8 Å². The predicted octanol–water partition coefficient (Wildman–Crippen LogP) is 3.23. The van der Waals surface area contributed by atoms with Gasteiger partial charge in [0.05, 0.1) is 5.56 Å². The molecule has 1 fully saturated rings. The van der Waals surface area contributed by atoms with Gasteiger partial charge >= 0.3 is 0 Å². The van der Waals surface area contributed by atoms with E-state index in [0.717, 1.165) is 39.6 Å². The normalized spacial score (nSPS) is 22.1. The predicted molar refractivity (Wildman–Crippen MR) is 78.1 cm³/mol. The minimum atomic E-state index is 0.584. The van der Waals surface area contributed by atoms with Crippen LogP contribution in [-0.2, 0) is 0 Å². The summed E-state index contributed by atoms with van der Waals surface area (Å²) in [5, 5.41) is 7.54. The molecule has 2 atom stereocenters. The summed E-state index contributed by atoms with van der Waals surface area (Å²) in [7, 11) is 0. The minimum absolute atomic E-state index is 0.584. The van der Waals surface area contributed by atoms with E-state index in [9.17, 15) is 0 Å². The molecule has 18 heavy (non-hydrogen) atoms. The van der Waals surface area contributed by atoms with Gasteiger partial charge in [-0.3, -0.25) is 0 Å². The third-order valence-electron chi connectivity index (χ3n) is 3.35. The fourth-order valence-electron chi connectivity index (χ4n) is 2.01. The van der Waals surface area contributed by atoms with Crippen LogP contribution in [0.4, 0.5) is 10.8 Å². The Morgan fingerprint density at radius 1 is 1.56 bits per heavy atom. The average molecular weight is 280 g/mol. The van der Waals surface area contributed by atoms with Crippen LogP contribution in [0.15, 0.2) is 5.38 Å². The van der Waals surface area contributed by atoms with E-state index in [4.69, 9.17) is 5.73 Å². The Bertz CT molecular complexity index is 560. The number of hydrogen-bond acceptors (Lipinski definition) is 6. The molecule has 0 amide bonds. The Labute approximate surface area is 114 Å². The number of thiazole rings is 1. The lowest BCUT2D eigenvalue weighted by atomic mass is 10.3. The van der Waals surface area contributed by atoms with Gasteiger partial charge in [0.2, 0.25) is 0 Å². The first-order valence-electron chi connectivity index (χ1n) is 6.06. The Balaban J connectivity index is 1.82. The van der Waals surface area contributed by atoms with Crippen LogP contribution in [-0.4, -0.2) is 15.9 Å². The first-order chi connectivity index (χ1) is 8.65. The second-order valence-corrected chi connectivity index (χ2v) is 6.55. The SMILES string of the molecule is Cc1csc(-c2c(N)nsc2NCC2CC2C)n1. The lowest BCUT2D eigenvalue weighted by Crippen LogP contribution is -2.04. The summed E-state index contributed by atoms with van der Waals surface area (Å²) >= 11 is 3.05. The number of hydrogen-bond donors (Lipinski definition) is 2. The van der Waals surface area contributed by atoms with Crippen molar-refractivity contribution in [1.82, 2.24) is 9.36 Å². The number of nitrogens with one attached hydrogen (secondary N) is 1. The number of rotatable bonds is 4. The van der Waals surface area contributed by atoms with Gasteiger partial charge in [-0.05, 0) is 36.7 Å². The number of nitrogens with two attached hydrogens (primary N) is 1. The van der Waals surface area contributed by atoms with Crippen LogP contribution in [0, 0.1) is 18.8 Å². The summed E-state index contributed by atoms with van der Waals surface area (Å²) in [6, 6.07) is 0. The molecule has 0 bridgehead atoms. The maximum Gasteiger partial charge on any atom is 0.149 e. The molecule has 2 heterocycles. The van der Waals surface area contributed by atoms with Gasteiger partial charge in [-0.15, -0.1) is 11.3 Å². The molecule has 0 aliphatic heterocycles. The van der Waals surface area contributed by atoms with Gasteiger partial charge in [0.15, 0.2) is 0 Å². The largest absolute Gasteiger partial charge is 0.382 e. The molecule has 2 unspecified atom stereocenters. The highest BCUT2D eigenvalue weighted by Gasteiger charge is 2.32. The highest BCUT2D eigenvalue weighted by atomic mass is 32.1. The van der Waals surface area contributed by atoms with Gasteiger partial charge in [-0.25, -0.2) is 4.98 Å². The van der Waals surface area contributed by atoms with Crippen LogP contribution >= 0.6 is 22.9 Å². The van der Waals surface area contributed by atoms with E-state index < -0.39 is 0 Å². The van der Waals surface area contributed by atoms with Gasteiger partial charge in [0, 0.05) is 17.6 Å². The van der Waals surface area contributed by atoms with Crippen LogP contribution in [0.1, 0.15) is 19.0 Å². The molecule has 6 heteroatoms. The lowest BCUT2D eigenvalue weighted by Gasteiger charge is -2.04. The van der Waals surface area contributed by atoms with Crippen LogP contribution < -0.4 is 11.1 Å². The van der Waals surface area contributed by atoms with Crippen LogP contribution in [0.3, 0.4) is 0 Å². The van der Waals surface area contributed by atoms with Crippen molar-refractivity contribution in [1.29, 1.82) is 0 Å². The number of aryl methyl sites for hydroxylation is 1. The van der Waals surface area contributed by atoms with Crippen molar-refractivity contribution >= 4 is 33.7 Å². The summed E-state index contributed by atoms with van der Waals surface area (Å²) < 4.78 is 4.24. The molecular weight excluding hydrogens is 264 g/mol. The molecule has 1 saturated carbocycles. The van der Waals surface area contributed by atoms with Crippen LogP contribution in [0.5, 0.6) is 0 Å². The Kier molecular flexibility index (Phi) is 2.99. The van der Waals surface area contributed by atoms with Gasteiger partial charge in [-0.2, -0.15) is 4.37 Å². The fraction of sp³-hybridized carbons (Fsp3) is 0.500. The van der Waals surface area contributed by atoms with E-state index in [1.165, 1.54) is 18.0 Å². The average Bonchev–Trinajstić information content (AvgIpc) is 2.73. The number of nitrogen functional groups attached to an aromatic ring is 1. The first-order valence-corrected chi connectivity index (χ1v) is 7.72. The van der Waals surface area contributed by atoms with Crippen molar-refractivity contribution in [3.63, 3.8) is 0 Å². The summed E-state index contributed by atoms with van der Waals surface area (Å²) in [6.45, 7) is 5.30. The monoisotopic (exact) mass is 280 g/mol. The highest BCUT2D eigenvalue weighted by Crippen LogP contribution is 2.41. The van der Waals surface area contributed by atoms with Crippen LogP contribution in [0.2, 0.25) is 0 Å². The first kappa shape index (κ1) is 11.9. The van der Waals surface area contributed by atoms with E-state index >= 15 is 0 Å². The maximum absolute atomic E-state index is 5.96. The smallest absolute Gasteiger partial charge is 0.149 e. The highest BCUT2D eigenvalue weighted by molar-refractivity contribution is 7.15. The fourth-order valence-corrected chi connectivity index (χ4v) is 3.65. The van der Waals surface area contributed by atoms with E-state index in [1.807, 2.05) is 12.3 Å². The molecule has 4 nitrogen and oxygen atoms in total. The third kappa shape index (κ3) is 2.22. The molecule has 1 aliphatic carbocycles. The van der Waals surface area contributed by atoms with E-state index in [0.29, 0.717) is 5.82 Å². The zero-order chi connectivity index (χ0) is 12.7. The van der Waals surface area contributed by atoms with Crippen molar-refractivity contribution in [3.05, 3.63) is 11.1 Å². The summed E-state index contributed by atoms with van der Waals surface area (Å²) in [4.78, 5) is 4.50. The zero-order valence-corrected chi connectivity index (χ0v) is 12.1. The second-order valence-electron chi connectivity index (χ2n) is 4.92. The minimum Gasteiger partial charge on any atom is -0.382 e. The Morgan fingerprint density at radius 3 is 2.94 bits per heavy atom. The van der Waals surface area contributed by atoms with Crippen molar-refractivity contribution in [2.75, 3.05) is 17.6 Å². The molecular formula is C12H16N4S2. The molecule has 1 aliphatic rings. The maximum atomic E-state index is 5.96. The van der Waals surface area contributed by atoms with Crippen molar-refractivity contribution in [2.45, 2.75) is 20.3 Å². The Hall–Kier alpha value is -1.14. The summed E-state index contributed by atoms with van der Waals surface area (Å²) in [5.74, 6) is 2.24. The van der Waals surface area contributed by atoms with Crippen molar-refractivity contribution in [3.8, 4) is 10.6 Å². The van der Waals surface area contributed by atoms with Gasteiger partial charge in [0.25, 0.3) is 0 Å². The van der Waals surface area contributed by atoms with Gasteiger partial charge < -0.3 is 11.1 Å². The van der Waals surface area contributed by atoms with Crippen LogP contribution in [0.25, 0.3) is 10.6 Å². The molecule has 2 aromatic heterocycles. The van der Waals surface area contributed by atoms with E-state index in [-0.39, 0.29) is 0 Å². The summed E-state index contributed by atoms with van der Waals surface area (Å²) in [5.41, 5.74) is 7.97. The topological polar surface area (TPSA) is 63.8 Å². The van der Waals surface area contributed by atoms with Crippen molar-refractivity contribution < 1.29 is 0 Å². The molecule has 3 N–H and O–H groups in total. The standard InChI is InChI=1S/C12H16N4S2/c1-6-3-8(6)4-14-11-9(10(13)16-18-11)12-15-7(2)5-17-12/h5-6,8,14H,3-4H2,1-2H3,(H2,13,16). The van der Waals surface area contributed by atoms with Crippen molar-refractivity contribution in [2.24, 2.45) is 11.8 Å². The quantitative estimate of drug-likeness (QED) is 0.902. The number of aromatic nitrogens is 2. The molecule has 0 radical (unpaired) electrons. The molecule has 0 aromatic carbocycles. The third-order valence-corrected chi connectivity index (χ3v) is 5.15. The lowest BCUT2D eigenvalue weighted by molar-refractivity contribution is 0.788. The number of anilines is 2. The molecule has 0 saturated heterocycles. The second kappa shape index (κ2) is 4.51. The molecule has 2 aromatic rings. The molecule has 96 valence electrons. The summed E-state index contributed by atoms with van der Waals surface area (Å²) in [6.07, 6.45) is 1.33. The van der Waals surface area contributed by atoms with E-state index in [1.54, 1.807) is 11.3 Å². The Morgan fingerprint density at radius 2 is 2.33 bits per heavy atom. The zero-order valence-electron chi connectivity index (χ0n) is 10.4. The van der Waals surface area contributed by atoms with E-state index in [2.05, 4.69) is 21.6 Å². The van der Waals surface area contributed by atoms with Gasteiger partial charge in [-0.1, -0.05) is 6.92 Å². The molecule has 3 rings (SSSR count). The number of nitrogens with zero attached hydrogens (tertiary/aromatic N) is 2.